The summed E-state index contributed by atoms with van der Waals surface area (Å²) in [5.74, 6) is -3.19. The SMILES string of the molecule is CCOC(=O)[C@@H](CC(C)(C)COS(=O)(=O)CCCS(=O)(=O)O)NC(=O)OC(C)OC(=O)C(C)C. The number of amides is 1. The maximum atomic E-state index is 12.3. The highest BCUT2D eigenvalue weighted by Crippen LogP contribution is 2.25. The van der Waals surface area contributed by atoms with Crippen molar-refractivity contribution < 1.29 is 54.2 Å². The molecule has 0 aliphatic rings. The van der Waals surface area contributed by atoms with E-state index < -0.39 is 80.0 Å². The summed E-state index contributed by atoms with van der Waals surface area (Å²) in [6.45, 7) is 8.87. The molecule has 0 spiro atoms. The van der Waals surface area contributed by atoms with Crippen LogP contribution in [0.25, 0.3) is 0 Å². The summed E-state index contributed by atoms with van der Waals surface area (Å²) in [5.41, 5.74) is -0.976. The highest BCUT2D eigenvalue weighted by atomic mass is 32.2. The van der Waals surface area contributed by atoms with Gasteiger partial charge in [0.1, 0.15) is 6.04 Å². The molecule has 0 aliphatic heterocycles. The summed E-state index contributed by atoms with van der Waals surface area (Å²) in [7, 11) is -8.42. The maximum Gasteiger partial charge on any atom is 0.410 e. The quantitative estimate of drug-likeness (QED) is 0.133. The second kappa shape index (κ2) is 13.8. The van der Waals surface area contributed by atoms with Gasteiger partial charge in [-0.1, -0.05) is 27.7 Å². The zero-order valence-electron chi connectivity index (χ0n) is 20.2. The van der Waals surface area contributed by atoms with E-state index >= 15 is 0 Å². The summed E-state index contributed by atoms with van der Waals surface area (Å²) in [5, 5.41) is 2.31. The molecule has 34 heavy (non-hydrogen) atoms. The zero-order chi connectivity index (χ0) is 26.7. The number of carbonyl (C=O) groups is 3. The number of alkyl carbamates (subject to hydrolysis) is 1. The number of hydrogen-bond donors (Lipinski definition) is 2. The smallest absolute Gasteiger partial charge is 0.410 e. The molecule has 0 aromatic carbocycles. The van der Waals surface area contributed by atoms with E-state index in [1.807, 2.05) is 0 Å². The van der Waals surface area contributed by atoms with E-state index in [1.54, 1.807) is 34.6 Å². The molecule has 200 valence electrons. The van der Waals surface area contributed by atoms with Crippen molar-refractivity contribution in [3.8, 4) is 0 Å². The van der Waals surface area contributed by atoms with Crippen LogP contribution < -0.4 is 5.32 Å². The minimum atomic E-state index is -4.30. The van der Waals surface area contributed by atoms with Crippen LogP contribution in [0.2, 0.25) is 0 Å². The second-order valence-electron chi connectivity index (χ2n) is 8.55. The molecular formula is C19H35NO12S2. The van der Waals surface area contributed by atoms with Crippen molar-refractivity contribution in [3.63, 3.8) is 0 Å². The zero-order valence-corrected chi connectivity index (χ0v) is 21.9. The fourth-order valence-electron chi connectivity index (χ4n) is 2.42. The van der Waals surface area contributed by atoms with Gasteiger partial charge in [-0.05, 0) is 25.2 Å². The van der Waals surface area contributed by atoms with Crippen molar-refractivity contribution in [2.75, 3.05) is 24.7 Å². The van der Waals surface area contributed by atoms with E-state index in [-0.39, 0.29) is 19.4 Å². The molecule has 13 nitrogen and oxygen atoms in total. The largest absolute Gasteiger partial charge is 0.464 e. The molecule has 0 aromatic rings. The first kappa shape index (κ1) is 32.0. The third-order valence-corrected chi connectivity index (χ3v) is 6.14. The van der Waals surface area contributed by atoms with Crippen molar-refractivity contribution in [1.29, 1.82) is 0 Å². The number of ether oxygens (including phenoxy) is 3. The van der Waals surface area contributed by atoms with E-state index in [0.717, 1.165) is 0 Å². The van der Waals surface area contributed by atoms with E-state index in [1.165, 1.54) is 6.92 Å². The minimum absolute atomic E-state index is 0.0214. The number of rotatable bonds is 15. The Morgan fingerprint density at radius 2 is 1.56 bits per heavy atom. The Morgan fingerprint density at radius 1 is 0.971 bits per heavy atom. The molecule has 0 rings (SSSR count). The lowest BCUT2D eigenvalue weighted by Crippen LogP contribution is -2.46. The summed E-state index contributed by atoms with van der Waals surface area (Å²) < 4.78 is 73.8. The molecule has 0 saturated carbocycles. The van der Waals surface area contributed by atoms with Crippen LogP contribution in [0.5, 0.6) is 0 Å². The molecule has 0 fully saturated rings. The summed E-state index contributed by atoms with van der Waals surface area (Å²) in [6.07, 6.45) is -2.75. The summed E-state index contributed by atoms with van der Waals surface area (Å²) in [4.78, 5) is 36.1. The molecule has 2 atom stereocenters. The fraction of sp³-hybridized carbons (Fsp3) is 0.842. The van der Waals surface area contributed by atoms with E-state index in [0.29, 0.717) is 0 Å². The predicted molar refractivity (Wildman–Crippen MR) is 120 cm³/mol. The van der Waals surface area contributed by atoms with Crippen molar-refractivity contribution in [1.82, 2.24) is 5.32 Å². The molecule has 0 radical (unpaired) electrons. The van der Waals surface area contributed by atoms with Crippen molar-refractivity contribution in [2.24, 2.45) is 11.3 Å². The van der Waals surface area contributed by atoms with Crippen molar-refractivity contribution in [3.05, 3.63) is 0 Å². The first-order valence-corrected chi connectivity index (χ1v) is 13.7. The Hall–Kier alpha value is -1.97. The average Bonchev–Trinajstić information content (AvgIpc) is 2.64. The molecule has 15 heteroatoms. The van der Waals surface area contributed by atoms with Gasteiger partial charge in [0, 0.05) is 6.92 Å². The molecule has 0 aliphatic carbocycles. The van der Waals surface area contributed by atoms with Crippen molar-refractivity contribution >= 4 is 38.3 Å². The van der Waals surface area contributed by atoms with Crippen LogP contribution in [0.1, 0.15) is 54.4 Å². The molecule has 1 unspecified atom stereocenters. The Labute approximate surface area is 200 Å². The Bertz CT molecular complexity index is 896. The third kappa shape index (κ3) is 15.0. The molecule has 0 saturated heterocycles. The van der Waals surface area contributed by atoms with Crippen LogP contribution in [0.3, 0.4) is 0 Å². The van der Waals surface area contributed by atoms with E-state index in [9.17, 15) is 31.2 Å². The standard InChI is InChI=1S/C19H35NO12S2/c1-7-29-17(22)15(20-18(23)32-14(4)31-16(21)13(2)3)11-19(5,6)12-30-34(27,28)10-8-9-33(24,25)26/h13-15H,7-12H2,1-6H3,(H,20,23)(H,24,25,26)/t14?,15-/m1/s1. The van der Waals surface area contributed by atoms with Gasteiger partial charge in [0.15, 0.2) is 0 Å². The number of hydrogen-bond acceptors (Lipinski definition) is 11. The van der Waals surface area contributed by atoms with Crippen molar-refractivity contribution in [2.45, 2.75) is 66.7 Å². The molecule has 0 aromatic heterocycles. The van der Waals surface area contributed by atoms with Crippen LogP contribution >= 0.6 is 0 Å². The highest BCUT2D eigenvalue weighted by molar-refractivity contribution is 7.87. The Balaban J connectivity index is 5.06. The lowest BCUT2D eigenvalue weighted by Gasteiger charge is -2.28. The van der Waals surface area contributed by atoms with Gasteiger partial charge in [0.2, 0.25) is 6.29 Å². The lowest BCUT2D eigenvalue weighted by atomic mass is 9.86. The van der Waals surface area contributed by atoms with Crippen LogP contribution in [-0.4, -0.2) is 76.5 Å². The van der Waals surface area contributed by atoms with Gasteiger partial charge in [0.25, 0.3) is 20.2 Å². The summed E-state index contributed by atoms with van der Waals surface area (Å²) >= 11 is 0. The maximum absolute atomic E-state index is 12.3. The fourth-order valence-corrected chi connectivity index (χ4v) is 4.23. The number of nitrogens with one attached hydrogen (secondary N) is 1. The molecule has 0 bridgehead atoms. The van der Waals surface area contributed by atoms with Crippen LogP contribution in [0.4, 0.5) is 4.79 Å². The second-order valence-corrected chi connectivity index (χ2v) is 11.9. The monoisotopic (exact) mass is 533 g/mol. The Kier molecular flexibility index (Phi) is 13.0. The van der Waals surface area contributed by atoms with Gasteiger partial charge in [-0.15, -0.1) is 0 Å². The van der Waals surface area contributed by atoms with E-state index in [2.05, 4.69) is 5.32 Å². The Morgan fingerprint density at radius 3 is 2.06 bits per heavy atom. The highest BCUT2D eigenvalue weighted by Gasteiger charge is 2.33. The molecular weight excluding hydrogens is 498 g/mol. The normalized spacial score (nSPS) is 14.2. The molecule has 0 heterocycles. The van der Waals surface area contributed by atoms with Gasteiger partial charge in [-0.3, -0.25) is 13.5 Å². The minimum Gasteiger partial charge on any atom is -0.464 e. The van der Waals surface area contributed by atoms with Crippen LogP contribution in [0, 0.1) is 11.3 Å². The number of esters is 2. The summed E-state index contributed by atoms with van der Waals surface area (Å²) in [6, 6.07) is -1.23. The first-order chi connectivity index (χ1) is 15.4. The third-order valence-electron chi connectivity index (χ3n) is 4.07. The van der Waals surface area contributed by atoms with E-state index in [4.69, 9.17) is 22.9 Å². The first-order valence-electron chi connectivity index (χ1n) is 10.5. The van der Waals surface area contributed by atoms with Crippen LogP contribution in [0.15, 0.2) is 0 Å². The van der Waals surface area contributed by atoms with Crippen LogP contribution in [-0.2, 0) is 48.2 Å². The van der Waals surface area contributed by atoms with Gasteiger partial charge in [0.05, 0.1) is 30.6 Å². The number of carbonyl (C=O) groups excluding carboxylic acids is 3. The van der Waals surface area contributed by atoms with Gasteiger partial charge in [-0.25, -0.2) is 9.59 Å². The molecule has 1 amide bonds. The molecule has 2 N–H and O–H groups in total. The van der Waals surface area contributed by atoms with Gasteiger partial charge in [-0.2, -0.15) is 16.8 Å². The van der Waals surface area contributed by atoms with Gasteiger partial charge < -0.3 is 19.5 Å². The predicted octanol–water partition coefficient (Wildman–Crippen LogP) is 1.23. The average molecular weight is 534 g/mol. The lowest BCUT2D eigenvalue weighted by molar-refractivity contribution is -0.169. The topological polar surface area (TPSA) is 189 Å². The van der Waals surface area contributed by atoms with Gasteiger partial charge >= 0.3 is 18.0 Å².